The van der Waals surface area contributed by atoms with Gasteiger partial charge in [0, 0.05) is 12.2 Å². The minimum atomic E-state index is 0.192. The minimum Gasteiger partial charge on any atom is -0.494 e. The normalized spacial score (nSPS) is 9.79. The van der Waals surface area contributed by atoms with Crippen molar-refractivity contribution in [3.63, 3.8) is 0 Å². The fourth-order valence-electron chi connectivity index (χ4n) is 1.08. The van der Waals surface area contributed by atoms with Crippen LogP contribution in [0.4, 0.5) is 0 Å². The Balaban J connectivity index is 2.38. The Morgan fingerprint density at radius 2 is 2.21 bits per heavy atom. The molecule has 0 spiro atoms. The second-order valence-electron chi connectivity index (χ2n) is 2.97. The van der Waals surface area contributed by atoms with Crippen LogP contribution in [0.15, 0.2) is 24.3 Å². The summed E-state index contributed by atoms with van der Waals surface area (Å²) in [6.07, 6.45) is 2.36. The Morgan fingerprint density at radius 3 is 2.93 bits per heavy atom. The van der Waals surface area contributed by atoms with Crippen molar-refractivity contribution in [2.45, 2.75) is 12.8 Å². The molecule has 0 fully saturated rings. The third kappa shape index (κ3) is 3.58. The van der Waals surface area contributed by atoms with Gasteiger partial charge in [-0.05, 0) is 25.0 Å². The molecule has 3 heteroatoms. The molecule has 0 aliphatic heterocycles. The van der Waals surface area contributed by atoms with Crippen LogP contribution in [-0.4, -0.2) is 24.6 Å². The molecule has 1 aromatic rings. The van der Waals surface area contributed by atoms with Gasteiger partial charge in [-0.15, -0.1) is 0 Å². The summed E-state index contributed by atoms with van der Waals surface area (Å²) >= 11 is 0. The first-order valence-electron chi connectivity index (χ1n) is 4.65. The lowest BCUT2D eigenvalue weighted by atomic mass is 10.2. The lowest BCUT2D eigenvalue weighted by molar-refractivity contribution is 0.112. The molecule has 0 bridgehead atoms. The number of aliphatic hydroxyl groups excluding tert-OH is 1. The third-order valence-corrected chi connectivity index (χ3v) is 1.82. The molecule has 0 aromatic heterocycles. The predicted octanol–water partition coefficient (Wildman–Crippen LogP) is 1.65. The van der Waals surface area contributed by atoms with E-state index in [0.29, 0.717) is 17.9 Å². The smallest absolute Gasteiger partial charge is 0.150 e. The number of aldehydes is 1. The van der Waals surface area contributed by atoms with Crippen molar-refractivity contribution in [1.82, 2.24) is 0 Å². The van der Waals surface area contributed by atoms with Crippen molar-refractivity contribution in [3.05, 3.63) is 29.8 Å². The molecule has 1 aromatic carbocycles. The molecule has 0 radical (unpaired) electrons. The Kier molecular flexibility index (Phi) is 4.72. The molecule has 0 aliphatic carbocycles. The van der Waals surface area contributed by atoms with Gasteiger partial charge >= 0.3 is 0 Å². The Labute approximate surface area is 83.3 Å². The highest BCUT2D eigenvalue weighted by molar-refractivity contribution is 5.75. The molecular formula is C11H14O3. The third-order valence-electron chi connectivity index (χ3n) is 1.82. The predicted molar refractivity (Wildman–Crippen MR) is 53.6 cm³/mol. The Morgan fingerprint density at radius 1 is 1.36 bits per heavy atom. The number of hydrogen-bond acceptors (Lipinski definition) is 3. The summed E-state index contributed by atoms with van der Waals surface area (Å²) in [5, 5.41) is 8.54. The zero-order valence-electron chi connectivity index (χ0n) is 7.98. The number of unbranched alkanes of at least 4 members (excludes halogenated alkanes) is 1. The number of carbonyl (C=O) groups excluding carboxylic acids is 1. The van der Waals surface area contributed by atoms with Crippen molar-refractivity contribution in [2.24, 2.45) is 0 Å². The molecule has 14 heavy (non-hydrogen) atoms. The summed E-state index contributed by atoms with van der Waals surface area (Å²) in [4.78, 5) is 10.4. The van der Waals surface area contributed by atoms with Crippen LogP contribution in [0, 0.1) is 0 Å². The number of benzene rings is 1. The standard InChI is InChI=1S/C11H14O3/c12-6-1-2-7-14-11-5-3-4-10(8-11)9-13/h3-5,8-9,12H,1-2,6-7H2. The highest BCUT2D eigenvalue weighted by Gasteiger charge is 1.95. The number of carbonyl (C=O) groups is 1. The van der Waals surface area contributed by atoms with E-state index in [2.05, 4.69) is 0 Å². The topological polar surface area (TPSA) is 46.5 Å². The molecule has 76 valence electrons. The number of aliphatic hydroxyl groups is 1. The number of rotatable bonds is 6. The highest BCUT2D eigenvalue weighted by atomic mass is 16.5. The van der Waals surface area contributed by atoms with Gasteiger partial charge in [0.1, 0.15) is 12.0 Å². The van der Waals surface area contributed by atoms with Crippen molar-refractivity contribution in [2.75, 3.05) is 13.2 Å². The largest absolute Gasteiger partial charge is 0.494 e. The second kappa shape index (κ2) is 6.16. The Hall–Kier alpha value is -1.35. The van der Waals surface area contributed by atoms with Gasteiger partial charge in [-0.1, -0.05) is 12.1 Å². The first-order chi connectivity index (χ1) is 6.86. The lowest BCUT2D eigenvalue weighted by Gasteiger charge is -2.05. The molecule has 0 amide bonds. The first kappa shape index (κ1) is 10.7. The molecule has 3 nitrogen and oxygen atoms in total. The average molecular weight is 194 g/mol. The summed E-state index contributed by atoms with van der Waals surface area (Å²) in [6.45, 7) is 0.764. The van der Waals surface area contributed by atoms with Gasteiger partial charge in [-0.3, -0.25) is 4.79 Å². The van der Waals surface area contributed by atoms with Gasteiger partial charge in [0.2, 0.25) is 0 Å². The molecule has 0 saturated carbocycles. The van der Waals surface area contributed by atoms with E-state index in [4.69, 9.17) is 9.84 Å². The van der Waals surface area contributed by atoms with E-state index in [1.165, 1.54) is 0 Å². The van der Waals surface area contributed by atoms with E-state index in [-0.39, 0.29) is 6.61 Å². The summed E-state index contributed by atoms with van der Waals surface area (Å²) in [6, 6.07) is 7.02. The zero-order chi connectivity index (χ0) is 10.2. The molecule has 0 saturated heterocycles. The summed E-state index contributed by atoms with van der Waals surface area (Å²) in [5.41, 5.74) is 0.615. The van der Waals surface area contributed by atoms with E-state index in [9.17, 15) is 4.79 Å². The Bertz CT molecular complexity index is 284. The van der Waals surface area contributed by atoms with Crippen molar-refractivity contribution in [3.8, 4) is 5.75 Å². The maximum absolute atomic E-state index is 10.4. The quantitative estimate of drug-likeness (QED) is 0.553. The lowest BCUT2D eigenvalue weighted by Crippen LogP contribution is -1.98. The van der Waals surface area contributed by atoms with Gasteiger partial charge < -0.3 is 9.84 Å². The molecule has 1 N–H and O–H groups in total. The first-order valence-corrected chi connectivity index (χ1v) is 4.65. The van der Waals surface area contributed by atoms with Crippen LogP contribution in [0.1, 0.15) is 23.2 Å². The molecule has 0 aliphatic rings. The molecule has 1 rings (SSSR count). The molecule has 0 unspecified atom stereocenters. The summed E-state index contributed by atoms with van der Waals surface area (Å²) < 4.78 is 5.38. The van der Waals surface area contributed by atoms with E-state index in [1.807, 2.05) is 6.07 Å². The fourth-order valence-corrected chi connectivity index (χ4v) is 1.08. The van der Waals surface area contributed by atoms with Crippen LogP contribution in [-0.2, 0) is 0 Å². The van der Waals surface area contributed by atoms with Crippen LogP contribution in [0.25, 0.3) is 0 Å². The number of hydrogen-bond donors (Lipinski definition) is 1. The van der Waals surface area contributed by atoms with E-state index < -0.39 is 0 Å². The van der Waals surface area contributed by atoms with Crippen LogP contribution in [0.2, 0.25) is 0 Å². The van der Waals surface area contributed by atoms with Crippen molar-refractivity contribution < 1.29 is 14.6 Å². The van der Waals surface area contributed by atoms with Gasteiger partial charge in [0.15, 0.2) is 0 Å². The second-order valence-corrected chi connectivity index (χ2v) is 2.97. The summed E-state index contributed by atoms with van der Waals surface area (Å²) in [5.74, 6) is 0.701. The van der Waals surface area contributed by atoms with Gasteiger partial charge in [-0.2, -0.15) is 0 Å². The van der Waals surface area contributed by atoms with E-state index in [0.717, 1.165) is 19.1 Å². The van der Waals surface area contributed by atoms with E-state index in [1.54, 1.807) is 18.2 Å². The highest BCUT2D eigenvalue weighted by Crippen LogP contribution is 2.12. The van der Waals surface area contributed by atoms with Gasteiger partial charge in [0.05, 0.1) is 6.61 Å². The monoisotopic (exact) mass is 194 g/mol. The zero-order valence-corrected chi connectivity index (χ0v) is 7.98. The summed E-state index contributed by atoms with van der Waals surface area (Å²) in [7, 11) is 0. The van der Waals surface area contributed by atoms with Crippen LogP contribution in [0.5, 0.6) is 5.75 Å². The van der Waals surface area contributed by atoms with Crippen LogP contribution in [0.3, 0.4) is 0 Å². The minimum absolute atomic E-state index is 0.192. The van der Waals surface area contributed by atoms with Crippen LogP contribution < -0.4 is 4.74 Å². The number of ether oxygens (including phenoxy) is 1. The maximum atomic E-state index is 10.4. The maximum Gasteiger partial charge on any atom is 0.150 e. The molecule has 0 atom stereocenters. The fraction of sp³-hybridized carbons (Fsp3) is 0.364. The van der Waals surface area contributed by atoms with E-state index >= 15 is 0 Å². The molecular weight excluding hydrogens is 180 g/mol. The van der Waals surface area contributed by atoms with Crippen molar-refractivity contribution >= 4 is 6.29 Å². The van der Waals surface area contributed by atoms with Crippen molar-refractivity contribution in [1.29, 1.82) is 0 Å². The molecule has 0 heterocycles. The average Bonchev–Trinajstić information content (AvgIpc) is 2.25. The van der Waals surface area contributed by atoms with Gasteiger partial charge in [-0.25, -0.2) is 0 Å². The SMILES string of the molecule is O=Cc1cccc(OCCCCO)c1. The van der Waals surface area contributed by atoms with Crippen LogP contribution >= 0.6 is 0 Å². The van der Waals surface area contributed by atoms with Gasteiger partial charge in [0.25, 0.3) is 0 Å².